The number of aromatic nitrogens is 2. The van der Waals surface area contributed by atoms with E-state index in [-0.39, 0.29) is 0 Å². The first-order chi connectivity index (χ1) is 8.84. The predicted molar refractivity (Wildman–Crippen MR) is 77.6 cm³/mol. The molecule has 0 unspecified atom stereocenters. The summed E-state index contributed by atoms with van der Waals surface area (Å²) < 4.78 is 2.21. The van der Waals surface area contributed by atoms with Crippen LogP contribution in [0.4, 0.5) is 0 Å². The molecule has 0 atom stereocenters. The third kappa shape index (κ3) is 2.14. The van der Waals surface area contributed by atoms with Gasteiger partial charge in [-0.15, -0.1) is 0 Å². The summed E-state index contributed by atoms with van der Waals surface area (Å²) in [6.07, 6.45) is 0. The van der Waals surface area contributed by atoms with Crippen molar-refractivity contribution in [2.75, 3.05) is 0 Å². The van der Waals surface area contributed by atoms with Crippen LogP contribution in [0, 0.1) is 6.92 Å². The summed E-state index contributed by atoms with van der Waals surface area (Å²) in [6.45, 7) is 2.05. The van der Waals surface area contributed by atoms with Crippen molar-refractivity contribution in [3.63, 3.8) is 0 Å². The minimum Gasteiger partial charge on any atom is -0.269 e. The molecule has 90 valence electrons. The molecule has 1 heterocycles. The lowest BCUT2D eigenvalue weighted by atomic mass is 10.2. The van der Waals surface area contributed by atoms with E-state index in [2.05, 4.69) is 58.3 Å². The van der Waals surface area contributed by atoms with E-state index >= 15 is 0 Å². The van der Waals surface area contributed by atoms with Gasteiger partial charge >= 0.3 is 0 Å². The highest BCUT2D eigenvalue weighted by Gasteiger charge is 2.06. The first kappa shape index (κ1) is 11.4. The van der Waals surface area contributed by atoms with E-state index in [9.17, 15) is 0 Å². The molecule has 2 aromatic carbocycles. The van der Waals surface area contributed by atoms with Crippen molar-refractivity contribution in [2.24, 2.45) is 0 Å². The number of benzene rings is 2. The fraction of sp³-hybridized carbons (Fsp3) is 0.133. The number of hydrogen-bond acceptors (Lipinski definition) is 2. The van der Waals surface area contributed by atoms with E-state index in [0.717, 1.165) is 17.1 Å². The molecule has 18 heavy (non-hydrogen) atoms. The Labute approximate surface area is 111 Å². The summed E-state index contributed by atoms with van der Waals surface area (Å²) in [7, 11) is 0. The van der Waals surface area contributed by atoms with E-state index in [1.807, 2.05) is 12.1 Å². The third-order valence-corrected chi connectivity index (χ3v) is 4.06. The Bertz CT molecular complexity index is 659. The van der Waals surface area contributed by atoms with Crippen LogP contribution >= 0.6 is 11.9 Å². The lowest BCUT2D eigenvalue weighted by Gasteiger charge is -2.05. The summed E-state index contributed by atoms with van der Waals surface area (Å²) in [4.78, 5) is 4.57. The summed E-state index contributed by atoms with van der Waals surface area (Å²) in [5, 5.41) is 0. The van der Waals surface area contributed by atoms with Crippen LogP contribution in [0.25, 0.3) is 11.0 Å². The normalized spacial score (nSPS) is 10.9. The van der Waals surface area contributed by atoms with Crippen LogP contribution in [0.2, 0.25) is 0 Å². The van der Waals surface area contributed by atoms with Gasteiger partial charge in [-0.3, -0.25) is 3.97 Å². The quantitative estimate of drug-likeness (QED) is 0.702. The van der Waals surface area contributed by atoms with Gasteiger partial charge in [0, 0.05) is 5.75 Å². The highest BCUT2D eigenvalue weighted by Crippen LogP contribution is 2.23. The lowest BCUT2D eigenvalue weighted by molar-refractivity contribution is 1.11. The highest BCUT2D eigenvalue weighted by molar-refractivity contribution is 7.97. The van der Waals surface area contributed by atoms with Gasteiger partial charge in [-0.25, -0.2) is 4.98 Å². The molecule has 0 aliphatic rings. The summed E-state index contributed by atoms with van der Waals surface area (Å²) in [5.41, 5.74) is 3.59. The molecule has 0 fully saturated rings. The molecular formula is C15H14N2S. The highest BCUT2D eigenvalue weighted by atomic mass is 32.2. The molecule has 1 aromatic heterocycles. The van der Waals surface area contributed by atoms with E-state index in [0.29, 0.717) is 0 Å². The van der Waals surface area contributed by atoms with Crippen LogP contribution in [-0.2, 0) is 5.75 Å². The minimum atomic E-state index is 0.960. The number of rotatable bonds is 3. The zero-order valence-corrected chi connectivity index (χ0v) is 11.0. The zero-order valence-electron chi connectivity index (χ0n) is 10.2. The van der Waals surface area contributed by atoms with Crippen molar-refractivity contribution < 1.29 is 0 Å². The van der Waals surface area contributed by atoms with Crippen LogP contribution in [0.1, 0.15) is 11.4 Å². The van der Waals surface area contributed by atoms with E-state index in [1.54, 1.807) is 11.9 Å². The first-order valence-electron chi connectivity index (χ1n) is 5.96. The van der Waals surface area contributed by atoms with Crippen molar-refractivity contribution in [3.8, 4) is 0 Å². The van der Waals surface area contributed by atoms with Gasteiger partial charge in [0.15, 0.2) is 0 Å². The molecule has 0 aliphatic carbocycles. The van der Waals surface area contributed by atoms with Crippen molar-refractivity contribution in [3.05, 3.63) is 66.0 Å². The molecule has 3 heteroatoms. The number of para-hydroxylation sites is 2. The van der Waals surface area contributed by atoms with Gasteiger partial charge in [0.25, 0.3) is 0 Å². The largest absolute Gasteiger partial charge is 0.269 e. The Hall–Kier alpha value is -1.74. The molecule has 2 nitrogen and oxygen atoms in total. The summed E-state index contributed by atoms with van der Waals surface area (Å²) in [6, 6.07) is 18.8. The number of imidazole rings is 1. The fourth-order valence-electron chi connectivity index (χ4n) is 2.00. The second-order valence-corrected chi connectivity index (χ2v) is 5.11. The van der Waals surface area contributed by atoms with Crippen molar-refractivity contribution in [1.29, 1.82) is 0 Å². The average Bonchev–Trinajstić information content (AvgIpc) is 2.73. The van der Waals surface area contributed by atoms with Crippen molar-refractivity contribution in [1.82, 2.24) is 8.96 Å². The molecule has 3 aromatic rings. The second kappa shape index (κ2) is 4.86. The summed E-state index contributed by atoms with van der Waals surface area (Å²) in [5.74, 6) is 2.01. The Kier molecular flexibility index (Phi) is 3.07. The van der Waals surface area contributed by atoms with Crippen molar-refractivity contribution in [2.45, 2.75) is 12.7 Å². The molecule has 0 amide bonds. The molecule has 0 saturated carbocycles. The van der Waals surface area contributed by atoms with Gasteiger partial charge in [-0.05, 0) is 36.6 Å². The molecule has 0 saturated heterocycles. The number of aryl methyl sites for hydroxylation is 1. The van der Waals surface area contributed by atoms with E-state index < -0.39 is 0 Å². The Morgan fingerprint density at radius 2 is 1.72 bits per heavy atom. The Morgan fingerprint density at radius 3 is 2.56 bits per heavy atom. The molecular weight excluding hydrogens is 240 g/mol. The standard InChI is InChI=1S/C15H14N2S/c1-12-16-14-9-5-6-10-15(14)17(12)18-11-13-7-3-2-4-8-13/h2-10H,11H2,1H3. The van der Waals surface area contributed by atoms with Crippen molar-refractivity contribution >= 4 is 23.0 Å². The van der Waals surface area contributed by atoms with Gasteiger partial charge in [0.1, 0.15) is 5.82 Å². The predicted octanol–water partition coefficient (Wildman–Crippen LogP) is 4.04. The smallest absolute Gasteiger partial charge is 0.116 e. The molecule has 0 aliphatic heterocycles. The molecule has 0 bridgehead atoms. The Morgan fingerprint density at radius 1 is 1.00 bits per heavy atom. The lowest BCUT2D eigenvalue weighted by Crippen LogP contribution is -1.91. The zero-order chi connectivity index (χ0) is 12.4. The molecule has 3 rings (SSSR count). The SMILES string of the molecule is Cc1nc2ccccc2n1SCc1ccccc1. The van der Waals surface area contributed by atoms with Crippen LogP contribution in [0.3, 0.4) is 0 Å². The fourth-order valence-corrected chi connectivity index (χ4v) is 2.99. The number of nitrogens with zero attached hydrogens (tertiary/aromatic N) is 2. The second-order valence-electron chi connectivity index (χ2n) is 4.20. The number of hydrogen-bond donors (Lipinski definition) is 0. The van der Waals surface area contributed by atoms with Crippen LogP contribution < -0.4 is 0 Å². The van der Waals surface area contributed by atoms with Gasteiger partial charge in [-0.2, -0.15) is 0 Å². The van der Waals surface area contributed by atoms with E-state index in [1.165, 1.54) is 11.1 Å². The van der Waals surface area contributed by atoms with E-state index in [4.69, 9.17) is 0 Å². The first-order valence-corrected chi connectivity index (χ1v) is 6.90. The van der Waals surface area contributed by atoms with Gasteiger partial charge in [0.05, 0.1) is 11.0 Å². The maximum absolute atomic E-state index is 4.57. The number of fused-ring (bicyclic) bond motifs is 1. The monoisotopic (exact) mass is 254 g/mol. The summed E-state index contributed by atoms with van der Waals surface area (Å²) >= 11 is 1.79. The topological polar surface area (TPSA) is 17.8 Å². The minimum absolute atomic E-state index is 0.960. The van der Waals surface area contributed by atoms with Gasteiger partial charge in [-0.1, -0.05) is 42.5 Å². The molecule has 0 spiro atoms. The van der Waals surface area contributed by atoms with Gasteiger partial charge in [0.2, 0.25) is 0 Å². The average molecular weight is 254 g/mol. The molecule has 0 N–H and O–H groups in total. The Balaban J connectivity index is 1.89. The van der Waals surface area contributed by atoms with Crippen LogP contribution in [-0.4, -0.2) is 8.96 Å². The third-order valence-electron chi connectivity index (χ3n) is 2.88. The maximum Gasteiger partial charge on any atom is 0.116 e. The maximum atomic E-state index is 4.57. The van der Waals surface area contributed by atoms with Gasteiger partial charge < -0.3 is 0 Å². The van der Waals surface area contributed by atoms with Crippen LogP contribution in [0.15, 0.2) is 54.6 Å². The molecule has 0 radical (unpaired) electrons. The van der Waals surface area contributed by atoms with Crippen LogP contribution in [0.5, 0.6) is 0 Å².